The molecule has 1 fully saturated rings. The number of aliphatic hydroxyl groups excluding tert-OH is 1. The smallest absolute Gasteiger partial charge is 0.194 e. The van der Waals surface area contributed by atoms with Gasteiger partial charge in [0.1, 0.15) is 5.75 Å². The third-order valence-electron chi connectivity index (χ3n) is 5.08. The van der Waals surface area contributed by atoms with Crippen LogP contribution in [-0.2, 0) is 0 Å². The molecule has 0 aliphatic carbocycles. The second kappa shape index (κ2) is 9.05. The molecular formula is C20H30N4O2. The first-order valence-corrected chi connectivity index (χ1v) is 9.45. The summed E-state index contributed by atoms with van der Waals surface area (Å²) in [5.74, 6) is 1.69. The molecule has 0 saturated carbocycles. The first kappa shape index (κ1) is 18.7. The molecule has 0 aromatic heterocycles. The summed E-state index contributed by atoms with van der Waals surface area (Å²) >= 11 is 0. The van der Waals surface area contributed by atoms with Gasteiger partial charge in [0.15, 0.2) is 5.96 Å². The number of methoxy groups -OCH3 is 1. The molecular weight excluding hydrogens is 328 g/mol. The van der Waals surface area contributed by atoms with Gasteiger partial charge in [-0.15, -0.1) is 0 Å². The Morgan fingerprint density at radius 1 is 1.31 bits per heavy atom. The van der Waals surface area contributed by atoms with Crippen LogP contribution < -0.4 is 10.1 Å². The number of nitrogens with zero attached hydrogens (tertiary/aromatic N) is 3. The van der Waals surface area contributed by atoms with E-state index >= 15 is 0 Å². The van der Waals surface area contributed by atoms with Gasteiger partial charge < -0.3 is 20.1 Å². The van der Waals surface area contributed by atoms with E-state index in [9.17, 15) is 5.11 Å². The van der Waals surface area contributed by atoms with Crippen molar-refractivity contribution in [1.82, 2.24) is 15.1 Å². The SMILES string of the molecule is CCNC(=NCC(O)c1ccc(OC)cc1)N1CCC(N2CC=CC2)C1. The van der Waals surface area contributed by atoms with E-state index in [0.717, 1.165) is 56.4 Å². The van der Waals surface area contributed by atoms with Crippen molar-refractivity contribution in [3.8, 4) is 5.75 Å². The van der Waals surface area contributed by atoms with Gasteiger partial charge >= 0.3 is 0 Å². The summed E-state index contributed by atoms with van der Waals surface area (Å²) in [7, 11) is 1.64. The van der Waals surface area contributed by atoms with Crippen molar-refractivity contribution in [1.29, 1.82) is 0 Å². The molecule has 2 unspecified atom stereocenters. The lowest BCUT2D eigenvalue weighted by Crippen LogP contribution is -2.43. The standard InChI is InChI=1S/C20H30N4O2/c1-3-21-20(24-13-10-17(15-24)23-11-4-5-12-23)22-14-19(25)16-6-8-18(26-2)9-7-16/h4-9,17,19,25H,3,10-15H2,1-2H3,(H,21,22). The van der Waals surface area contributed by atoms with Gasteiger partial charge in [-0.2, -0.15) is 0 Å². The Balaban J connectivity index is 1.59. The second-order valence-corrected chi connectivity index (χ2v) is 6.80. The van der Waals surface area contributed by atoms with Crippen LogP contribution in [0.5, 0.6) is 5.75 Å². The van der Waals surface area contributed by atoms with Crippen LogP contribution in [-0.4, -0.2) is 73.3 Å². The largest absolute Gasteiger partial charge is 0.497 e. The van der Waals surface area contributed by atoms with Crippen LogP contribution >= 0.6 is 0 Å². The highest BCUT2D eigenvalue weighted by Gasteiger charge is 2.29. The summed E-state index contributed by atoms with van der Waals surface area (Å²) in [6.07, 6.45) is 5.03. The zero-order chi connectivity index (χ0) is 18.4. The van der Waals surface area contributed by atoms with Crippen LogP contribution in [0.2, 0.25) is 0 Å². The lowest BCUT2D eigenvalue weighted by molar-refractivity contribution is 0.186. The van der Waals surface area contributed by atoms with Crippen molar-refractivity contribution >= 4 is 5.96 Å². The summed E-state index contributed by atoms with van der Waals surface area (Å²) in [4.78, 5) is 9.51. The van der Waals surface area contributed by atoms with Crippen molar-refractivity contribution in [2.45, 2.75) is 25.5 Å². The Morgan fingerprint density at radius 2 is 2.04 bits per heavy atom. The van der Waals surface area contributed by atoms with E-state index in [1.165, 1.54) is 0 Å². The topological polar surface area (TPSA) is 60.3 Å². The first-order valence-electron chi connectivity index (χ1n) is 9.45. The van der Waals surface area contributed by atoms with Crippen LogP contribution in [0, 0.1) is 0 Å². The molecule has 142 valence electrons. The fourth-order valence-electron chi connectivity index (χ4n) is 3.56. The van der Waals surface area contributed by atoms with E-state index < -0.39 is 6.10 Å². The van der Waals surface area contributed by atoms with Crippen LogP contribution in [0.1, 0.15) is 25.0 Å². The average molecular weight is 358 g/mol. The number of aliphatic hydroxyl groups is 1. The van der Waals surface area contributed by atoms with Crippen molar-refractivity contribution in [3.05, 3.63) is 42.0 Å². The summed E-state index contributed by atoms with van der Waals surface area (Å²) in [5, 5.41) is 13.8. The minimum absolute atomic E-state index is 0.348. The van der Waals surface area contributed by atoms with E-state index in [-0.39, 0.29) is 0 Å². The average Bonchev–Trinajstić information content (AvgIpc) is 3.36. The van der Waals surface area contributed by atoms with Gasteiger partial charge in [0.2, 0.25) is 0 Å². The molecule has 1 saturated heterocycles. The zero-order valence-electron chi connectivity index (χ0n) is 15.8. The molecule has 3 rings (SSSR count). The summed E-state index contributed by atoms with van der Waals surface area (Å²) in [6, 6.07) is 8.09. The number of guanidine groups is 1. The number of benzene rings is 1. The van der Waals surface area contributed by atoms with E-state index in [1.807, 2.05) is 24.3 Å². The van der Waals surface area contributed by atoms with E-state index in [4.69, 9.17) is 9.73 Å². The summed E-state index contributed by atoms with van der Waals surface area (Å²) in [5.41, 5.74) is 0.854. The van der Waals surface area contributed by atoms with Gasteiger partial charge in [-0.05, 0) is 31.0 Å². The van der Waals surface area contributed by atoms with Crippen molar-refractivity contribution in [3.63, 3.8) is 0 Å². The molecule has 0 spiro atoms. The fraction of sp³-hybridized carbons (Fsp3) is 0.550. The number of aliphatic imine (C=N–C) groups is 1. The molecule has 6 heteroatoms. The number of hydrogen-bond donors (Lipinski definition) is 2. The molecule has 2 heterocycles. The molecule has 2 N–H and O–H groups in total. The van der Waals surface area contributed by atoms with Gasteiger partial charge in [-0.3, -0.25) is 9.89 Å². The Labute approximate surface area is 156 Å². The Kier molecular flexibility index (Phi) is 6.52. The molecule has 2 aliphatic heterocycles. The van der Waals surface area contributed by atoms with E-state index in [2.05, 4.69) is 34.2 Å². The third-order valence-corrected chi connectivity index (χ3v) is 5.08. The van der Waals surface area contributed by atoms with Crippen molar-refractivity contribution in [2.75, 3.05) is 46.4 Å². The Morgan fingerprint density at radius 3 is 2.69 bits per heavy atom. The fourth-order valence-corrected chi connectivity index (χ4v) is 3.56. The molecule has 1 aromatic rings. The van der Waals surface area contributed by atoms with Gasteiger partial charge in [0.05, 0.1) is 19.8 Å². The van der Waals surface area contributed by atoms with E-state index in [1.54, 1.807) is 7.11 Å². The molecule has 6 nitrogen and oxygen atoms in total. The molecule has 0 amide bonds. The highest BCUT2D eigenvalue weighted by molar-refractivity contribution is 5.80. The predicted octanol–water partition coefficient (Wildman–Crippen LogP) is 1.64. The number of rotatable bonds is 6. The highest BCUT2D eigenvalue weighted by atomic mass is 16.5. The van der Waals surface area contributed by atoms with Gasteiger partial charge in [0, 0.05) is 38.8 Å². The molecule has 26 heavy (non-hydrogen) atoms. The lowest BCUT2D eigenvalue weighted by Gasteiger charge is -2.25. The second-order valence-electron chi connectivity index (χ2n) is 6.80. The Hall–Kier alpha value is -2.05. The predicted molar refractivity (Wildman–Crippen MR) is 105 cm³/mol. The Bertz CT molecular complexity index is 621. The zero-order valence-corrected chi connectivity index (χ0v) is 15.8. The minimum Gasteiger partial charge on any atom is -0.497 e. The monoisotopic (exact) mass is 358 g/mol. The maximum absolute atomic E-state index is 10.5. The van der Waals surface area contributed by atoms with Crippen LogP contribution in [0.25, 0.3) is 0 Å². The molecule has 0 bridgehead atoms. The summed E-state index contributed by atoms with van der Waals surface area (Å²) < 4.78 is 5.16. The normalized spacial score (nSPS) is 22.0. The van der Waals surface area contributed by atoms with Gasteiger partial charge in [-0.25, -0.2) is 0 Å². The maximum Gasteiger partial charge on any atom is 0.194 e. The minimum atomic E-state index is -0.615. The molecule has 1 aromatic carbocycles. The quantitative estimate of drug-likeness (QED) is 0.460. The van der Waals surface area contributed by atoms with Gasteiger partial charge in [-0.1, -0.05) is 24.3 Å². The first-order chi connectivity index (χ1) is 12.7. The van der Waals surface area contributed by atoms with Crippen LogP contribution in [0.15, 0.2) is 41.4 Å². The third kappa shape index (κ3) is 4.56. The number of nitrogens with one attached hydrogen (secondary N) is 1. The highest BCUT2D eigenvalue weighted by Crippen LogP contribution is 2.20. The van der Waals surface area contributed by atoms with Gasteiger partial charge in [0.25, 0.3) is 0 Å². The van der Waals surface area contributed by atoms with Crippen molar-refractivity contribution in [2.24, 2.45) is 4.99 Å². The number of ether oxygens (including phenoxy) is 1. The molecule has 0 radical (unpaired) electrons. The van der Waals surface area contributed by atoms with E-state index in [0.29, 0.717) is 12.6 Å². The maximum atomic E-state index is 10.5. The number of likely N-dealkylation sites (tertiary alicyclic amines) is 1. The van der Waals surface area contributed by atoms with Crippen LogP contribution in [0.3, 0.4) is 0 Å². The lowest BCUT2D eigenvalue weighted by atomic mass is 10.1. The molecule has 2 aliphatic rings. The summed E-state index contributed by atoms with van der Waals surface area (Å²) in [6.45, 7) is 7.36. The molecule has 2 atom stereocenters. The number of hydrogen-bond acceptors (Lipinski definition) is 4. The van der Waals surface area contributed by atoms with Crippen molar-refractivity contribution < 1.29 is 9.84 Å². The van der Waals surface area contributed by atoms with Crippen LogP contribution in [0.4, 0.5) is 0 Å².